The monoisotopic (exact) mass is 275 g/mol. The Kier molecular flexibility index (Phi) is 3.92. The summed E-state index contributed by atoms with van der Waals surface area (Å²) < 4.78 is 11.0. The Balaban J connectivity index is 1.78. The van der Waals surface area contributed by atoms with Gasteiger partial charge in [-0.1, -0.05) is 0 Å². The van der Waals surface area contributed by atoms with Crippen LogP contribution in [0.15, 0.2) is 12.1 Å². The van der Waals surface area contributed by atoms with Gasteiger partial charge in [-0.25, -0.2) is 0 Å². The summed E-state index contributed by atoms with van der Waals surface area (Å²) in [4.78, 5) is 11.7. The quantitative estimate of drug-likeness (QED) is 0.915. The van der Waals surface area contributed by atoms with Crippen molar-refractivity contribution in [3.63, 3.8) is 0 Å². The first kappa shape index (κ1) is 13.4. The van der Waals surface area contributed by atoms with Crippen molar-refractivity contribution in [2.24, 2.45) is 5.92 Å². The Morgan fingerprint density at radius 3 is 2.90 bits per heavy atom. The fourth-order valence-electron chi connectivity index (χ4n) is 3.16. The van der Waals surface area contributed by atoms with Crippen LogP contribution in [0.4, 0.5) is 0 Å². The highest BCUT2D eigenvalue weighted by molar-refractivity contribution is 6.03. The molecule has 2 aliphatic heterocycles. The van der Waals surface area contributed by atoms with Gasteiger partial charge in [0.15, 0.2) is 6.61 Å². The maximum Gasteiger partial charge on any atom is 0.203 e. The number of Topliss-reactive ketones (excluding diaryl/α,β-unsaturated/α-hetero) is 1. The third kappa shape index (κ3) is 2.52. The molecular formula is C16H21NO3. The average Bonchev–Trinajstić information content (AvgIpc) is 2.87. The largest absolute Gasteiger partial charge is 0.496 e. The van der Waals surface area contributed by atoms with Crippen LogP contribution in [-0.2, 0) is 6.42 Å². The zero-order valence-electron chi connectivity index (χ0n) is 11.9. The summed E-state index contributed by atoms with van der Waals surface area (Å²) in [5, 5.41) is 3.39. The van der Waals surface area contributed by atoms with Crippen molar-refractivity contribution in [2.75, 3.05) is 26.8 Å². The summed E-state index contributed by atoms with van der Waals surface area (Å²) in [6, 6.07) is 3.71. The zero-order chi connectivity index (χ0) is 13.9. The number of piperidine rings is 1. The standard InChI is InChI=1S/C16H21NO3/c1-19-15-5-4-12-14(18)10-20-16(12)13(15)3-2-11-6-8-17-9-7-11/h4-5,11,17H,2-3,6-10H2,1H3. The third-order valence-corrected chi connectivity index (χ3v) is 4.35. The van der Waals surface area contributed by atoms with Crippen LogP contribution in [0.25, 0.3) is 0 Å². The first-order valence-electron chi connectivity index (χ1n) is 7.36. The normalized spacial score (nSPS) is 18.8. The van der Waals surface area contributed by atoms with Crippen LogP contribution in [0.2, 0.25) is 0 Å². The van der Waals surface area contributed by atoms with Crippen molar-refractivity contribution < 1.29 is 14.3 Å². The van der Waals surface area contributed by atoms with Crippen molar-refractivity contribution in [1.29, 1.82) is 0 Å². The van der Waals surface area contributed by atoms with Gasteiger partial charge in [-0.2, -0.15) is 0 Å². The number of benzene rings is 1. The minimum atomic E-state index is 0.0748. The highest BCUT2D eigenvalue weighted by Crippen LogP contribution is 2.37. The van der Waals surface area contributed by atoms with Crippen LogP contribution < -0.4 is 14.8 Å². The molecule has 0 bridgehead atoms. The van der Waals surface area contributed by atoms with Gasteiger partial charge in [0.05, 0.1) is 12.7 Å². The van der Waals surface area contributed by atoms with Gasteiger partial charge in [0.2, 0.25) is 5.78 Å². The van der Waals surface area contributed by atoms with Crippen LogP contribution in [0.1, 0.15) is 35.2 Å². The van der Waals surface area contributed by atoms with Crippen LogP contribution in [-0.4, -0.2) is 32.6 Å². The lowest BCUT2D eigenvalue weighted by Crippen LogP contribution is -2.27. The molecule has 0 aromatic heterocycles. The summed E-state index contributed by atoms with van der Waals surface area (Å²) in [7, 11) is 1.67. The van der Waals surface area contributed by atoms with Crippen LogP contribution in [0.3, 0.4) is 0 Å². The molecule has 0 atom stereocenters. The molecule has 0 spiro atoms. The van der Waals surface area contributed by atoms with E-state index >= 15 is 0 Å². The first-order chi connectivity index (χ1) is 9.79. The molecule has 1 fully saturated rings. The van der Waals surface area contributed by atoms with E-state index in [0.717, 1.165) is 48.9 Å². The van der Waals surface area contributed by atoms with Gasteiger partial charge >= 0.3 is 0 Å². The predicted octanol–water partition coefficient (Wildman–Crippen LogP) is 2.20. The van der Waals surface area contributed by atoms with Gasteiger partial charge in [-0.3, -0.25) is 4.79 Å². The van der Waals surface area contributed by atoms with Crippen molar-refractivity contribution in [3.05, 3.63) is 23.3 Å². The Morgan fingerprint density at radius 1 is 1.35 bits per heavy atom. The molecule has 1 N–H and O–H groups in total. The molecule has 0 amide bonds. The van der Waals surface area contributed by atoms with Crippen LogP contribution in [0.5, 0.6) is 11.5 Å². The van der Waals surface area contributed by atoms with E-state index in [1.807, 2.05) is 12.1 Å². The topological polar surface area (TPSA) is 47.6 Å². The molecule has 1 saturated heterocycles. The minimum absolute atomic E-state index is 0.0748. The lowest BCUT2D eigenvalue weighted by Gasteiger charge is -2.23. The van der Waals surface area contributed by atoms with Gasteiger partial charge in [0.25, 0.3) is 0 Å². The van der Waals surface area contributed by atoms with E-state index in [1.54, 1.807) is 7.11 Å². The molecule has 1 aromatic carbocycles. The van der Waals surface area contributed by atoms with Gasteiger partial charge in [0.1, 0.15) is 11.5 Å². The van der Waals surface area contributed by atoms with Gasteiger partial charge in [-0.15, -0.1) is 0 Å². The van der Waals surface area contributed by atoms with E-state index in [-0.39, 0.29) is 12.4 Å². The molecule has 3 rings (SSSR count). The number of carbonyl (C=O) groups is 1. The van der Waals surface area contributed by atoms with Crippen LogP contribution >= 0.6 is 0 Å². The van der Waals surface area contributed by atoms with E-state index in [4.69, 9.17) is 9.47 Å². The van der Waals surface area contributed by atoms with Crippen molar-refractivity contribution in [2.45, 2.75) is 25.7 Å². The lowest BCUT2D eigenvalue weighted by molar-refractivity contribution is 0.0961. The fourth-order valence-corrected chi connectivity index (χ4v) is 3.16. The number of methoxy groups -OCH3 is 1. The second-order valence-electron chi connectivity index (χ2n) is 5.57. The van der Waals surface area contributed by atoms with E-state index in [9.17, 15) is 4.79 Å². The first-order valence-corrected chi connectivity index (χ1v) is 7.36. The van der Waals surface area contributed by atoms with Crippen molar-refractivity contribution >= 4 is 5.78 Å². The number of nitrogens with one attached hydrogen (secondary N) is 1. The molecular weight excluding hydrogens is 254 g/mol. The Bertz CT molecular complexity index is 507. The SMILES string of the molecule is COc1ccc2c(c1CCC1CCNCC1)OCC2=O. The Hall–Kier alpha value is -1.55. The highest BCUT2D eigenvalue weighted by Gasteiger charge is 2.26. The minimum Gasteiger partial charge on any atom is -0.496 e. The maximum atomic E-state index is 11.7. The predicted molar refractivity (Wildman–Crippen MR) is 76.7 cm³/mol. The molecule has 0 saturated carbocycles. The van der Waals surface area contributed by atoms with E-state index in [2.05, 4.69) is 5.32 Å². The number of hydrogen-bond acceptors (Lipinski definition) is 4. The molecule has 2 aliphatic rings. The number of carbonyl (C=O) groups excluding carboxylic acids is 1. The van der Waals surface area contributed by atoms with Gasteiger partial charge in [0, 0.05) is 5.56 Å². The Labute approximate surface area is 119 Å². The smallest absolute Gasteiger partial charge is 0.203 e. The summed E-state index contributed by atoms with van der Waals surface area (Å²) in [5.74, 6) is 2.43. The number of ketones is 1. The highest BCUT2D eigenvalue weighted by atomic mass is 16.5. The average molecular weight is 275 g/mol. The summed E-state index contributed by atoms with van der Waals surface area (Å²) >= 11 is 0. The third-order valence-electron chi connectivity index (χ3n) is 4.35. The second-order valence-corrected chi connectivity index (χ2v) is 5.57. The van der Waals surface area contributed by atoms with Crippen LogP contribution in [0, 0.1) is 5.92 Å². The molecule has 0 radical (unpaired) electrons. The summed E-state index contributed by atoms with van der Waals surface area (Å²) in [5.41, 5.74) is 1.78. The zero-order valence-corrected chi connectivity index (χ0v) is 11.9. The number of fused-ring (bicyclic) bond motifs is 1. The second kappa shape index (κ2) is 5.83. The maximum absolute atomic E-state index is 11.7. The molecule has 0 aliphatic carbocycles. The Morgan fingerprint density at radius 2 is 2.15 bits per heavy atom. The number of hydrogen-bond donors (Lipinski definition) is 1. The molecule has 108 valence electrons. The molecule has 0 unspecified atom stereocenters. The van der Waals surface area contributed by atoms with Gasteiger partial charge < -0.3 is 14.8 Å². The number of rotatable bonds is 4. The van der Waals surface area contributed by atoms with E-state index in [0.29, 0.717) is 5.56 Å². The van der Waals surface area contributed by atoms with Gasteiger partial charge in [-0.05, 0) is 56.8 Å². The lowest BCUT2D eigenvalue weighted by atomic mass is 9.90. The van der Waals surface area contributed by atoms with Crippen molar-refractivity contribution in [1.82, 2.24) is 5.32 Å². The summed E-state index contributed by atoms with van der Waals surface area (Å²) in [6.45, 7) is 2.40. The number of ether oxygens (including phenoxy) is 2. The van der Waals surface area contributed by atoms with E-state index < -0.39 is 0 Å². The molecule has 4 nitrogen and oxygen atoms in total. The molecule has 20 heavy (non-hydrogen) atoms. The molecule has 4 heteroatoms. The molecule has 1 aromatic rings. The summed E-state index contributed by atoms with van der Waals surface area (Å²) in [6.07, 6.45) is 4.52. The molecule has 2 heterocycles. The fraction of sp³-hybridized carbons (Fsp3) is 0.562. The van der Waals surface area contributed by atoms with E-state index in [1.165, 1.54) is 12.8 Å². The van der Waals surface area contributed by atoms with Crippen molar-refractivity contribution in [3.8, 4) is 11.5 Å².